The highest BCUT2D eigenvalue weighted by molar-refractivity contribution is 9.10. The van der Waals surface area contributed by atoms with Gasteiger partial charge in [-0.1, -0.05) is 32.7 Å². The minimum atomic E-state index is -0.828. The lowest BCUT2D eigenvalue weighted by molar-refractivity contribution is -0.741. The van der Waals surface area contributed by atoms with Crippen LogP contribution in [-0.4, -0.2) is 21.8 Å². The Hall–Kier alpha value is -3.11. The van der Waals surface area contributed by atoms with Crippen molar-refractivity contribution in [3.63, 3.8) is 0 Å². The van der Waals surface area contributed by atoms with Crippen molar-refractivity contribution in [2.75, 3.05) is 5.73 Å². The van der Waals surface area contributed by atoms with Crippen molar-refractivity contribution >= 4 is 54.7 Å². The molecular weight excluding hydrogens is 484 g/mol. The third-order valence-corrected chi connectivity index (χ3v) is 6.78. The zero-order valence-electron chi connectivity index (χ0n) is 16.9. The Labute approximate surface area is 189 Å². The van der Waals surface area contributed by atoms with Crippen LogP contribution in [0.15, 0.2) is 33.3 Å². The first-order valence-corrected chi connectivity index (χ1v) is 10.8. The number of nitrogens with two attached hydrogens (primary N) is 1. The molecule has 0 aliphatic carbocycles. The summed E-state index contributed by atoms with van der Waals surface area (Å²) in [6, 6.07) is 7.16. The summed E-state index contributed by atoms with van der Waals surface area (Å²) in [4.78, 5) is 31.1. The van der Waals surface area contributed by atoms with Crippen LogP contribution < -0.4 is 15.5 Å². The molecule has 8 nitrogen and oxygen atoms in total. The summed E-state index contributed by atoms with van der Waals surface area (Å²) in [5.41, 5.74) is 9.19. The van der Waals surface area contributed by atoms with Crippen LogP contribution in [0.25, 0.3) is 10.2 Å². The number of Topliss-reactive ketones (excluding diaryl/α,β-unsaturated/α-hetero) is 1. The summed E-state index contributed by atoms with van der Waals surface area (Å²) in [5, 5.41) is 16.0. The highest BCUT2D eigenvalue weighted by atomic mass is 79.9. The molecule has 2 N–H and O–H groups in total. The van der Waals surface area contributed by atoms with Gasteiger partial charge in [-0.3, -0.25) is 9.59 Å². The summed E-state index contributed by atoms with van der Waals surface area (Å²) >= 11 is 4.47. The minimum Gasteiger partial charge on any atom is -0.539 e. The fourth-order valence-corrected chi connectivity index (χ4v) is 4.91. The maximum absolute atomic E-state index is 12.9. The number of benzene rings is 1. The van der Waals surface area contributed by atoms with Gasteiger partial charge in [0.15, 0.2) is 18.8 Å². The second kappa shape index (κ2) is 7.86. The molecular formula is C21H17BrN4O4S. The molecule has 0 amide bonds. The number of nitrogen functional groups attached to an aromatic ring is 1. The number of halogens is 1. The molecule has 0 saturated heterocycles. The molecule has 158 valence electrons. The molecule has 0 aliphatic rings. The van der Waals surface area contributed by atoms with Crippen LogP contribution in [0, 0.1) is 13.8 Å². The van der Waals surface area contributed by atoms with Crippen LogP contribution in [0.3, 0.4) is 0 Å². The number of nitrogens with zero attached hydrogens (tertiary/aromatic N) is 3. The number of fused-ring (bicyclic) bond motifs is 1. The monoisotopic (exact) mass is 500 g/mol. The SMILES string of the molecule is Cc1nc2sc(C(=O)c3c([O-])on[n+]3C)c(N)c2c(C)c1CC(=O)c1ccc(Br)cc1. The van der Waals surface area contributed by atoms with Gasteiger partial charge in [0.25, 0.3) is 5.78 Å². The van der Waals surface area contributed by atoms with Crippen molar-refractivity contribution < 1.29 is 23.9 Å². The fraction of sp³-hybridized carbons (Fsp3) is 0.190. The molecule has 0 saturated carbocycles. The Bertz CT molecular complexity index is 1340. The smallest absolute Gasteiger partial charge is 0.305 e. The van der Waals surface area contributed by atoms with E-state index in [9.17, 15) is 14.7 Å². The first-order valence-electron chi connectivity index (χ1n) is 9.23. The number of thiophene rings is 1. The van der Waals surface area contributed by atoms with Gasteiger partial charge in [0, 0.05) is 27.5 Å². The molecule has 31 heavy (non-hydrogen) atoms. The second-order valence-corrected chi connectivity index (χ2v) is 9.01. The van der Waals surface area contributed by atoms with Crippen LogP contribution in [0.5, 0.6) is 5.95 Å². The van der Waals surface area contributed by atoms with Crippen LogP contribution in [-0.2, 0) is 13.5 Å². The lowest BCUT2D eigenvalue weighted by atomic mass is 9.96. The van der Waals surface area contributed by atoms with E-state index < -0.39 is 11.7 Å². The van der Waals surface area contributed by atoms with Crippen LogP contribution in [0.2, 0.25) is 0 Å². The first-order chi connectivity index (χ1) is 14.7. The molecule has 0 aliphatic heterocycles. The zero-order valence-corrected chi connectivity index (χ0v) is 19.3. The second-order valence-electron chi connectivity index (χ2n) is 7.09. The van der Waals surface area contributed by atoms with Gasteiger partial charge in [0.2, 0.25) is 0 Å². The third kappa shape index (κ3) is 3.61. The molecule has 0 spiro atoms. The topological polar surface area (TPSA) is 126 Å². The highest BCUT2D eigenvalue weighted by Gasteiger charge is 2.30. The van der Waals surface area contributed by atoms with Gasteiger partial charge < -0.3 is 15.4 Å². The zero-order chi connectivity index (χ0) is 22.4. The Morgan fingerprint density at radius 3 is 2.55 bits per heavy atom. The van der Waals surface area contributed by atoms with E-state index in [0.717, 1.165) is 31.6 Å². The molecule has 4 aromatic rings. The van der Waals surface area contributed by atoms with Crippen molar-refractivity contribution in [3.05, 3.63) is 61.7 Å². The predicted octanol–water partition coefficient (Wildman–Crippen LogP) is 2.80. The third-order valence-electron chi connectivity index (χ3n) is 5.15. The fourth-order valence-electron chi connectivity index (χ4n) is 3.50. The van der Waals surface area contributed by atoms with Gasteiger partial charge in [-0.25, -0.2) is 4.98 Å². The lowest BCUT2D eigenvalue weighted by Gasteiger charge is -2.11. The van der Waals surface area contributed by atoms with E-state index in [4.69, 9.17) is 5.73 Å². The molecule has 4 rings (SSSR count). The predicted molar refractivity (Wildman–Crippen MR) is 116 cm³/mol. The summed E-state index contributed by atoms with van der Waals surface area (Å²) < 4.78 is 6.53. The van der Waals surface area contributed by atoms with E-state index in [1.807, 2.05) is 26.0 Å². The number of anilines is 1. The molecule has 0 bridgehead atoms. The normalized spacial score (nSPS) is 11.2. The number of hydrogen-bond acceptors (Lipinski definition) is 8. The van der Waals surface area contributed by atoms with E-state index in [1.165, 1.54) is 7.05 Å². The molecule has 10 heteroatoms. The Morgan fingerprint density at radius 2 is 1.94 bits per heavy atom. The van der Waals surface area contributed by atoms with Gasteiger partial charge in [0.05, 0.1) is 11.0 Å². The number of aryl methyl sites for hydroxylation is 3. The van der Waals surface area contributed by atoms with Crippen molar-refractivity contribution in [1.82, 2.24) is 10.3 Å². The number of ketones is 2. The molecule has 3 aromatic heterocycles. The highest BCUT2D eigenvalue weighted by Crippen LogP contribution is 2.38. The average molecular weight is 501 g/mol. The van der Waals surface area contributed by atoms with E-state index in [-0.39, 0.29) is 28.5 Å². The van der Waals surface area contributed by atoms with Crippen LogP contribution in [0.4, 0.5) is 5.69 Å². The molecule has 3 heterocycles. The van der Waals surface area contributed by atoms with Crippen LogP contribution >= 0.6 is 27.3 Å². The Morgan fingerprint density at radius 1 is 1.26 bits per heavy atom. The average Bonchev–Trinajstić information content (AvgIpc) is 3.23. The summed E-state index contributed by atoms with van der Waals surface area (Å²) in [6.07, 6.45) is 0.159. The minimum absolute atomic E-state index is 0.0440. The van der Waals surface area contributed by atoms with E-state index in [0.29, 0.717) is 21.5 Å². The van der Waals surface area contributed by atoms with Crippen molar-refractivity contribution in [2.24, 2.45) is 7.05 Å². The summed E-state index contributed by atoms with van der Waals surface area (Å²) in [5.74, 6) is -1.44. The number of carbonyl (C=O) groups is 2. The largest absolute Gasteiger partial charge is 0.539 e. The number of pyridine rings is 1. The van der Waals surface area contributed by atoms with E-state index >= 15 is 0 Å². The van der Waals surface area contributed by atoms with E-state index in [2.05, 4.69) is 30.7 Å². The maximum Gasteiger partial charge on any atom is 0.305 e. The molecule has 0 fully saturated rings. The summed E-state index contributed by atoms with van der Waals surface area (Å²) in [7, 11) is 1.45. The number of aromatic nitrogens is 3. The Kier molecular flexibility index (Phi) is 5.36. The van der Waals surface area contributed by atoms with Gasteiger partial charge in [-0.15, -0.1) is 11.3 Å². The number of rotatable bonds is 5. The number of hydrogen-bond donors (Lipinski definition) is 1. The number of carbonyl (C=O) groups excluding carboxylic acids is 2. The van der Waals surface area contributed by atoms with Gasteiger partial charge in [0.1, 0.15) is 9.71 Å². The van der Waals surface area contributed by atoms with Gasteiger partial charge in [-0.05, 0) is 37.1 Å². The maximum atomic E-state index is 12.9. The molecule has 0 radical (unpaired) electrons. The molecule has 1 aromatic carbocycles. The summed E-state index contributed by atoms with van der Waals surface area (Å²) in [6.45, 7) is 3.68. The molecule has 0 unspecified atom stereocenters. The van der Waals surface area contributed by atoms with Crippen molar-refractivity contribution in [2.45, 2.75) is 20.3 Å². The van der Waals surface area contributed by atoms with Gasteiger partial charge >= 0.3 is 5.69 Å². The van der Waals surface area contributed by atoms with Crippen molar-refractivity contribution in [3.8, 4) is 5.95 Å². The van der Waals surface area contributed by atoms with Crippen molar-refractivity contribution in [1.29, 1.82) is 0 Å². The Balaban J connectivity index is 1.78. The van der Waals surface area contributed by atoms with Gasteiger partial charge in [-0.2, -0.15) is 0 Å². The standard InChI is InChI=1S/C21H17BrN4O4S/c1-9-13(8-14(27)11-4-6-12(22)7-5-11)10(2)24-20-15(9)16(23)19(31-20)18(28)17-21(29)30-25-26(17)3/h4-7H,8H2,1-3H3,(H2-,23,25,28,29). The first kappa shape index (κ1) is 21.1. The quantitative estimate of drug-likeness (QED) is 0.329. The lowest BCUT2D eigenvalue weighted by Crippen LogP contribution is -2.37. The molecule has 0 atom stereocenters. The van der Waals surface area contributed by atoms with E-state index in [1.54, 1.807) is 12.1 Å². The van der Waals surface area contributed by atoms with Crippen LogP contribution in [0.1, 0.15) is 42.5 Å².